The number of fused-ring (bicyclic) bond motifs is 1. The predicted octanol–water partition coefficient (Wildman–Crippen LogP) is 3.39. The molecule has 9 heteroatoms. The summed E-state index contributed by atoms with van der Waals surface area (Å²) in [7, 11) is 0. The van der Waals surface area contributed by atoms with Crippen molar-refractivity contribution in [3.63, 3.8) is 0 Å². The number of carbonyl (C=O) groups is 4. The molecule has 2 aromatic rings. The summed E-state index contributed by atoms with van der Waals surface area (Å²) >= 11 is 5.70. The minimum Gasteiger partial charge on any atom is -0.322 e. The molecule has 32 heavy (non-hydrogen) atoms. The van der Waals surface area contributed by atoms with E-state index in [-0.39, 0.29) is 33.6 Å². The molecule has 4 rings (SSSR count). The molecular weight excluding hydrogens is 442 g/mol. The average Bonchev–Trinajstić information content (AvgIpc) is 3.12. The van der Waals surface area contributed by atoms with Crippen molar-refractivity contribution in [3.8, 4) is 0 Å². The average molecular weight is 466 g/mol. The molecule has 0 saturated carbocycles. The van der Waals surface area contributed by atoms with E-state index in [1.165, 1.54) is 24.3 Å². The van der Waals surface area contributed by atoms with Crippen molar-refractivity contribution in [1.29, 1.82) is 0 Å². The first-order chi connectivity index (χ1) is 17.1. The van der Waals surface area contributed by atoms with Crippen LogP contribution in [0.25, 0.3) is 0 Å². The van der Waals surface area contributed by atoms with E-state index in [1.54, 1.807) is 0 Å². The number of alkyl halides is 2. The van der Waals surface area contributed by atoms with Gasteiger partial charge in [0.05, 0.1) is 0 Å². The van der Waals surface area contributed by atoms with Gasteiger partial charge < -0.3 is 4.90 Å². The Morgan fingerprint density at radius 3 is 2.69 bits per heavy atom. The number of carbonyl (C=O) groups excluding carboxylic acids is 4. The quantitative estimate of drug-likeness (QED) is 0.663. The minimum absolute atomic E-state index is 0.0127. The molecular formula is C23H19ClF2N2O4. The van der Waals surface area contributed by atoms with E-state index >= 15 is 0 Å². The predicted molar refractivity (Wildman–Crippen MR) is 111 cm³/mol. The number of hydrogen-bond acceptors (Lipinski definition) is 4. The van der Waals surface area contributed by atoms with Crippen LogP contribution >= 0.6 is 11.6 Å². The highest BCUT2D eigenvalue weighted by molar-refractivity contribution is 6.30. The first kappa shape index (κ1) is 16.5. The van der Waals surface area contributed by atoms with Crippen LogP contribution < -0.4 is 5.31 Å². The SMILES string of the molecule is [2H]N1C(=O)CC([2H])([2H])C(N2Cc3cc(C([2H])([2H])CC(=O)C(F)(F)c4ccc(Cl)cc4)ccc3C2=O)C1=O. The molecule has 1 saturated heterocycles. The van der Waals surface area contributed by atoms with Crippen molar-refractivity contribution < 1.29 is 34.9 Å². The van der Waals surface area contributed by atoms with Gasteiger partial charge in [-0.1, -0.05) is 35.9 Å². The van der Waals surface area contributed by atoms with Gasteiger partial charge in [-0.25, -0.2) is 0 Å². The molecule has 0 radical (unpaired) electrons. The first-order valence-corrected chi connectivity index (χ1v) is 9.91. The molecule has 2 aromatic carbocycles. The lowest BCUT2D eigenvalue weighted by atomic mass is 9.97. The van der Waals surface area contributed by atoms with Gasteiger partial charge in [-0.15, -0.1) is 0 Å². The Morgan fingerprint density at radius 1 is 1.25 bits per heavy atom. The Kier molecular flexibility index (Phi) is 4.34. The summed E-state index contributed by atoms with van der Waals surface area (Å²) in [4.78, 5) is 50.5. The van der Waals surface area contributed by atoms with E-state index in [0.717, 1.165) is 23.1 Å². The fourth-order valence-corrected chi connectivity index (χ4v) is 3.64. The van der Waals surface area contributed by atoms with E-state index < -0.39 is 66.6 Å². The number of aryl methyl sites for hydroxylation is 1. The van der Waals surface area contributed by atoms with Crippen LogP contribution in [0.2, 0.25) is 6.43 Å². The largest absolute Gasteiger partial charge is 0.330 e. The maximum Gasteiger partial charge on any atom is 0.330 e. The molecule has 1 unspecified atom stereocenters. The molecule has 2 heterocycles. The van der Waals surface area contributed by atoms with Crippen molar-refractivity contribution in [2.75, 3.05) is 0 Å². The zero-order valence-electron chi connectivity index (χ0n) is 21.4. The Hall–Kier alpha value is -3.13. The number of imide groups is 1. The van der Waals surface area contributed by atoms with Crippen LogP contribution in [0.5, 0.6) is 0 Å². The molecule has 0 bridgehead atoms. The first-order valence-electron chi connectivity index (χ1n) is 12.0. The molecule has 1 fully saturated rings. The summed E-state index contributed by atoms with van der Waals surface area (Å²) in [6.07, 6.45) is -6.97. The van der Waals surface area contributed by atoms with Gasteiger partial charge in [0, 0.05) is 41.0 Å². The molecule has 0 aliphatic carbocycles. The van der Waals surface area contributed by atoms with Gasteiger partial charge in [0.1, 0.15) is 6.04 Å². The molecule has 1 atom stereocenters. The molecule has 166 valence electrons. The van der Waals surface area contributed by atoms with Gasteiger partial charge in [0.15, 0.2) is 1.41 Å². The number of benzene rings is 2. The molecule has 2 aliphatic rings. The van der Waals surface area contributed by atoms with Gasteiger partial charge in [0.25, 0.3) is 5.91 Å². The van der Waals surface area contributed by atoms with E-state index in [9.17, 15) is 28.0 Å². The summed E-state index contributed by atoms with van der Waals surface area (Å²) in [5.41, 5.74) is -0.604. The van der Waals surface area contributed by atoms with Crippen molar-refractivity contribution in [2.45, 2.75) is 44.1 Å². The highest BCUT2D eigenvalue weighted by Gasteiger charge is 2.41. The van der Waals surface area contributed by atoms with Crippen molar-refractivity contribution in [2.24, 2.45) is 0 Å². The number of hydrogen-bond donors (Lipinski definition) is 1. The second kappa shape index (κ2) is 8.43. The van der Waals surface area contributed by atoms with Gasteiger partial charge in [-0.3, -0.25) is 24.5 Å². The summed E-state index contributed by atoms with van der Waals surface area (Å²) in [5.74, 6) is -8.68. The van der Waals surface area contributed by atoms with Gasteiger partial charge >= 0.3 is 5.92 Å². The van der Waals surface area contributed by atoms with Crippen LogP contribution in [0, 0.1) is 0 Å². The number of Topliss-reactive ketones (excluding diaryl/α,β-unsaturated/α-hetero) is 1. The Bertz CT molecular complexity index is 1320. The molecule has 0 spiro atoms. The van der Waals surface area contributed by atoms with Crippen LogP contribution in [0.4, 0.5) is 8.78 Å². The highest BCUT2D eigenvalue weighted by Crippen LogP contribution is 2.32. The van der Waals surface area contributed by atoms with E-state index in [1.807, 2.05) is 0 Å². The molecule has 1 N–H and O–H groups in total. The van der Waals surface area contributed by atoms with Crippen molar-refractivity contribution in [1.82, 2.24) is 10.2 Å². The molecule has 2 aliphatic heterocycles. The topological polar surface area (TPSA) is 83.6 Å². The number of nitrogens with one attached hydrogen (secondary N) is 1. The second-order valence-corrected chi connectivity index (χ2v) is 7.73. The monoisotopic (exact) mass is 465 g/mol. The standard InChI is InChI=1S/C23H19ClF2N2O4/c24-16-5-3-15(4-6-16)23(25,26)19(29)9-2-13-1-7-17-14(11-13)12-28(22(17)32)18-8-10-20(30)27-21(18)31/h1,3-7,11,18H,2,8-10,12H2,(H,27,30,31)/i2D2,8D2/hD. The summed E-state index contributed by atoms with van der Waals surface area (Å²) < 4.78 is 69.7. The van der Waals surface area contributed by atoms with Crippen LogP contribution in [-0.2, 0) is 33.2 Å². The third-order valence-corrected chi connectivity index (χ3v) is 5.43. The van der Waals surface area contributed by atoms with Gasteiger partial charge in [0.2, 0.25) is 17.6 Å². The zero-order chi connectivity index (χ0) is 27.5. The minimum atomic E-state index is -3.98. The second-order valence-electron chi connectivity index (χ2n) is 7.29. The number of ketones is 1. The van der Waals surface area contributed by atoms with E-state index in [2.05, 4.69) is 0 Å². The lowest BCUT2D eigenvalue weighted by Gasteiger charge is -2.29. The Labute approximate surface area is 194 Å². The zero-order valence-corrected chi connectivity index (χ0v) is 17.2. The maximum absolute atomic E-state index is 14.7. The number of amides is 3. The third-order valence-electron chi connectivity index (χ3n) is 5.17. The number of rotatable bonds is 6. The van der Waals surface area contributed by atoms with Crippen LogP contribution in [0.1, 0.15) is 51.7 Å². The van der Waals surface area contributed by atoms with Crippen LogP contribution in [0.15, 0.2) is 42.5 Å². The van der Waals surface area contributed by atoms with Crippen LogP contribution in [0.3, 0.4) is 0 Å². The third kappa shape index (κ3) is 4.14. The lowest BCUT2D eigenvalue weighted by Crippen LogP contribution is -2.52. The molecule has 0 aromatic heterocycles. The van der Waals surface area contributed by atoms with Crippen molar-refractivity contribution in [3.05, 3.63) is 69.7 Å². The number of nitrogens with zero attached hydrogens (tertiary/aromatic N) is 1. The van der Waals surface area contributed by atoms with Gasteiger partial charge in [-0.2, -0.15) is 8.78 Å². The molecule has 6 nitrogen and oxygen atoms in total. The Morgan fingerprint density at radius 2 is 1.97 bits per heavy atom. The van der Waals surface area contributed by atoms with E-state index in [4.69, 9.17) is 18.5 Å². The highest BCUT2D eigenvalue weighted by atomic mass is 35.5. The fraction of sp³-hybridized carbons (Fsp3) is 0.304. The Balaban J connectivity index is 1.58. The summed E-state index contributed by atoms with van der Waals surface area (Å²) in [6, 6.07) is 6.13. The van der Waals surface area contributed by atoms with E-state index in [0.29, 0.717) is 0 Å². The number of piperidine rings is 1. The number of halogens is 3. The normalized spacial score (nSPS) is 23.2. The smallest absolute Gasteiger partial charge is 0.322 e. The summed E-state index contributed by atoms with van der Waals surface area (Å²) in [5, 5.41) is 0.202. The van der Waals surface area contributed by atoms with Crippen molar-refractivity contribution >= 4 is 35.1 Å². The lowest BCUT2D eigenvalue weighted by molar-refractivity contribution is -0.144. The fourth-order valence-electron chi connectivity index (χ4n) is 3.51. The summed E-state index contributed by atoms with van der Waals surface area (Å²) in [6.45, 7) is -0.342. The van der Waals surface area contributed by atoms with Crippen LogP contribution in [-0.4, -0.2) is 34.4 Å². The van der Waals surface area contributed by atoms with Gasteiger partial charge in [-0.05, 0) is 42.1 Å². The maximum atomic E-state index is 14.7. The molecule has 3 amide bonds.